The summed E-state index contributed by atoms with van der Waals surface area (Å²) in [5, 5.41) is 5.79. The fourth-order valence-corrected chi connectivity index (χ4v) is 1.43. The summed E-state index contributed by atoms with van der Waals surface area (Å²) in [6, 6.07) is 1.76. The van der Waals surface area contributed by atoms with Crippen LogP contribution < -0.4 is 5.32 Å². The zero-order valence-corrected chi connectivity index (χ0v) is 8.32. The maximum Gasteiger partial charge on any atom is 0.422 e. The topological polar surface area (TPSA) is 38.3 Å². The van der Waals surface area contributed by atoms with Crippen LogP contribution in [-0.4, -0.2) is 18.9 Å². The van der Waals surface area contributed by atoms with Crippen LogP contribution in [0, 0.1) is 0 Å². The van der Waals surface area contributed by atoms with Crippen LogP contribution in [0.3, 0.4) is 0 Å². The van der Waals surface area contributed by atoms with Crippen molar-refractivity contribution in [2.75, 3.05) is 6.61 Å². The minimum absolute atomic E-state index is 0.167. The van der Waals surface area contributed by atoms with Gasteiger partial charge >= 0.3 is 12.3 Å². The number of hydrogen-bond donors (Lipinski definition) is 1. The summed E-state index contributed by atoms with van der Waals surface area (Å²) in [5.41, 5.74) is 0.823. The van der Waals surface area contributed by atoms with Gasteiger partial charge in [0.15, 0.2) is 6.61 Å². The highest BCUT2D eigenvalue weighted by atomic mass is 32.1. The zero-order chi connectivity index (χ0) is 11.3. The van der Waals surface area contributed by atoms with Gasteiger partial charge in [0.2, 0.25) is 0 Å². The SMILES string of the molecule is O=C(NCc1ccsc1)OCC(F)(F)F. The summed E-state index contributed by atoms with van der Waals surface area (Å²) in [5.74, 6) is 0. The number of halogens is 3. The number of carbonyl (C=O) groups is 1. The van der Waals surface area contributed by atoms with Crippen LogP contribution in [-0.2, 0) is 11.3 Å². The molecule has 0 aliphatic carbocycles. The molecule has 0 bridgehead atoms. The van der Waals surface area contributed by atoms with Gasteiger partial charge in [0.25, 0.3) is 0 Å². The van der Waals surface area contributed by atoms with E-state index in [1.807, 2.05) is 0 Å². The lowest BCUT2D eigenvalue weighted by molar-refractivity contribution is -0.160. The number of carbonyl (C=O) groups excluding carboxylic acids is 1. The molecular formula is C8H8F3NO2S. The summed E-state index contributed by atoms with van der Waals surface area (Å²) in [6.45, 7) is -1.40. The van der Waals surface area contributed by atoms with Crippen molar-refractivity contribution in [3.63, 3.8) is 0 Å². The third kappa shape index (κ3) is 5.26. The van der Waals surface area contributed by atoms with Gasteiger partial charge in [0, 0.05) is 6.54 Å². The Hall–Kier alpha value is -1.24. The smallest absolute Gasteiger partial charge is 0.422 e. The molecule has 1 N–H and O–H groups in total. The molecule has 3 nitrogen and oxygen atoms in total. The number of hydrogen-bond acceptors (Lipinski definition) is 3. The third-order valence-corrected chi connectivity index (χ3v) is 2.12. The predicted molar refractivity (Wildman–Crippen MR) is 48.6 cm³/mol. The minimum atomic E-state index is -4.49. The van der Waals surface area contributed by atoms with Crippen LogP contribution in [0.4, 0.5) is 18.0 Å². The predicted octanol–water partition coefficient (Wildman–Crippen LogP) is 2.54. The molecule has 0 atom stereocenters. The van der Waals surface area contributed by atoms with Crippen LogP contribution in [0.5, 0.6) is 0 Å². The van der Waals surface area contributed by atoms with Crippen LogP contribution in [0.15, 0.2) is 16.8 Å². The van der Waals surface area contributed by atoms with Crippen LogP contribution in [0.25, 0.3) is 0 Å². The van der Waals surface area contributed by atoms with Crippen molar-refractivity contribution in [3.8, 4) is 0 Å². The van der Waals surface area contributed by atoms with Gasteiger partial charge in [-0.2, -0.15) is 24.5 Å². The molecule has 1 aromatic rings. The van der Waals surface area contributed by atoms with Crippen LogP contribution in [0.2, 0.25) is 0 Å². The van der Waals surface area contributed by atoms with E-state index in [0.29, 0.717) is 0 Å². The number of thiophene rings is 1. The molecule has 0 saturated heterocycles. The van der Waals surface area contributed by atoms with E-state index in [9.17, 15) is 18.0 Å². The molecule has 7 heteroatoms. The lowest BCUT2D eigenvalue weighted by atomic mass is 10.3. The van der Waals surface area contributed by atoms with Crippen molar-refractivity contribution in [3.05, 3.63) is 22.4 Å². The Bertz CT molecular complexity index is 310. The number of nitrogens with one attached hydrogen (secondary N) is 1. The zero-order valence-electron chi connectivity index (χ0n) is 7.50. The first-order chi connectivity index (χ1) is 6.97. The molecule has 0 fully saturated rings. The molecular weight excluding hydrogens is 231 g/mol. The summed E-state index contributed by atoms with van der Waals surface area (Å²) in [4.78, 5) is 10.8. The Morgan fingerprint density at radius 1 is 1.53 bits per heavy atom. The van der Waals surface area contributed by atoms with Crippen LogP contribution >= 0.6 is 11.3 Å². The molecule has 1 rings (SSSR count). The molecule has 0 unspecified atom stereocenters. The van der Waals surface area contributed by atoms with Gasteiger partial charge in [-0.25, -0.2) is 4.79 Å². The van der Waals surface area contributed by atoms with Gasteiger partial charge in [0.05, 0.1) is 0 Å². The van der Waals surface area contributed by atoms with Gasteiger partial charge in [0.1, 0.15) is 0 Å². The summed E-state index contributed by atoms with van der Waals surface area (Å²) in [7, 11) is 0. The molecule has 0 spiro atoms. The second-order valence-electron chi connectivity index (χ2n) is 2.68. The highest BCUT2D eigenvalue weighted by Crippen LogP contribution is 2.14. The second-order valence-corrected chi connectivity index (χ2v) is 3.46. The van der Waals surface area contributed by atoms with Gasteiger partial charge in [-0.3, -0.25) is 0 Å². The van der Waals surface area contributed by atoms with Crippen molar-refractivity contribution in [1.29, 1.82) is 0 Å². The van der Waals surface area contributed by atoms with Gasteiger partial charge < -0.3 is 10.1 Å². The fourth-order valence-electron chi connectivity index (χ4n) is 0.766. The fraction of sp³-hybridized carbons (Fsp3) is 0.375. The Morgan fingerprint density at radius 2 is 2.27 bits per heavy atom. The van der Waals surface area contributed by atoms with Gasteiger partial charge in [-0.1, -0.05) is 0 Å². The van der Waals surface area contributed by atoms with Crippen molar-refractivity contribution in [2.24, 2.45) is 0 Å². The quantitative estimate of drug-likeness (QED) is 0.880. The maximum absolute atomic E-state index is 11.6. The molecule has 1 heterocycles. The van der Waals surface area contributed by atoms with E-state index in [-0.39, 0.29) is 6.54 Å². The molecule has 0 aromatic carbocycles. The Kier molecular flexibility index (Phi) is 3.96. The first-order valence-electron chi connectivity index (χ1n) is 3.96. The molecule has 0 saturated carbocycles. The lowest BCUT2D eigenvalue weighted by Crippen LogP contribution is -2.28. The largest absolute Gasteiger partial charge is 0.440 e. The first-order valence-corrected chi connectivity index (χ1v) is 4.90. The number of alkyl carbamates (subject to hydrolysis) is 1. The number of alkyl halides is 3. The molecule has 15 heavy (non-hydrogen) atoms. The third-order valence-electron chi connectivity index (χ3n) is 1.38. The molecule has 0 radical (unpaired) electrons. The minimum Gasteiger partial charge on any atom is -0.440 e. The summed E-state index contributed by atoms with van der Waals surface area (Å²) in [6.07, 6.45) is -5.56. The normalized spacial score (nSPS) is 11.1. The Balaban J connectivity index is 2.20. The van der Waals surface area contributed by atoms with E-state index in [0.717, 1.165) is 5.56 Å². The highest BCUT2D eigenvalue weighted by molar-refractivity contribution is 7.07. The summed E-state index contributed by atoms with van der Waals surface area (Å²) < 4.78 is 38.8. The van der Waals surface area contributed by atoms with Crippen molar-refractivity contribution < 1.29 is 22.7 Å². The van der Waals surface area contributed by atoms with E-state index in [1.165, 1.54) is 11.3 Å². The van der Waals surface area contributed by atoms with E-state index < -0.39 is 18.9 Å². The first kappa shape index (κ1) is 11.8. The van der Waals surface area contributed by atoms with Crippen molar-refractivity contribution in [2.45, 2.75) is 12.7 Å². The van der Waals surface area contributed by atoms with Gasteiger partial charge in [-0.15, -0.1) is 0 Å². The molecule has 1 amide bonds. The molecule has 1 aromatic heterocycles. The Morgan fingerprint density at radius 3 is 2.80 bits per heavy atom. The Labute approximate surface area is 87.9 Å². The van der Waals surface area contributed by atoms with Crippen molar-refractivity contribution >= 4 is 17.4 Å². The lowest BCUT2D eigenvalue weighted by Gasteiger charge is -2.08. The second kappa shape index (κ2) is 5.01. The molecule has 0 aliphatic heterocycles. The van der Waals surface area contributed by atoms with Gasteiger partial charge in [-0.05, 0) is 22.4 Å². The number of ether oxygens (including phenoxy) is 1. The maximum atomic E-state index is 11.6. The standard InChI is InChI=1S/C8H8F3NO2S/c9-8(10,11)5-14-7(13)12-3-6-1-2-15-4-6/h1-2,4H,3,5H2,(H,12,13). The molecule has 84 valence electrons. The van der Waals surface area contributed by atoms with Crippen molar-refractivity contribution in [1.82, 2.24) is 5.32 Å². The van der Waals surface area contributed by atoms with E-state index in [4.69, 9.17) is 0 Å². The molecule has 0 aliphatic rings. The monoisotopic (exact) mass is 239 g/mol. The highest BCUT2D eigenvalue weighted by Gasteiger charge is 2.29. The number of rotatable bonds is 3. The van der Waals surface area contributed by atoms with E-state index in [2.05, 4.69) is 10.1 Å². The average molecular weight is 239 g/mol. The van der Waals surface area contributed by atoms with Crippen LogP contribution in [0.1, 0.15) is 5.56 Å². The number of amides is 1. The van der Waals surface area contributed by atoms with E-state index in [1.54, 1.807) is 16.8 Å². The average Bonchev–Trinajstić information content (AvgIpc) is 2.62. The van der Waals surface area contributed by atoms with E-state index >= 15 is 0 Å². The summed E-state index contributed by atoms with van der Waals surface area (Å²) >= 11 is 1.44.